The van der Waals surface area contributed by atoms with Crippen molar-refractivity contribution >= 4 is 42.0 Å². The van der Waals surface area contributed by atoms with Crippen LogP contribution >= 0.6 is 24.0 Å². The zero-order chi connectivity index (χ0) is 18.9. The highest BCUT2D eigenvalue weighted by Crippen LogP contribution is 2.15. The fraction of sp³-hybridized carbons (Fsp3) is 0.824. The van der Waals surface area contributed by atoms with Crippen LogP contribution < -0.4 is 10.6 Å². The molecule has 9 heteroatoms. The number of amides is 1. The molecule has 8 nitrogen and oxygen atoms in total. The molecule has 1 heterocycles. The number of likely N-dealkylation sites (tertiary alicyclic amines) is 1. The van der Waals surface area contributed by atoms with Gasteiger partial charge in [0.15, 0.2) is 5.96 Å². The molecule has 152 valence electrons. The van der Waals surface area contributed by atoms with Crippen LogP contribution in [0.15, 0.2) is 4.99 Å². The maximum atomic E-state index is 11.9. The lowest BCUT2D eigenvalue weighted by Crippen LogP contribution is -2.63. The van der Waals surface area contributed by atoms with Gasteiger partial charge >= 0.3 is 12.1 Å². The van der Waals surface area contributed by atoms with Crippen molar-refractivity contribution in [2.24, 2.45) is 4.99 Å². The van der Waals surface area contributed by atoms with E-state index in [0.717, 1.165) is 6.54 Å². The molecule has 2 N–H and O–H groups in total. The lowest BCUT2D eigenvalue weighted by Gasteiger charge is -2.40. The van der Waals surface area contributed by atoms with Crippen molar-refractivity contribution in [3.63, 3.8) is 0 Å². The summed E-state index contributed by atoms with van der Waals surface area (Å²) in [5, 5.41) is 6.45. The van der Waals surface area contributed by atoms with Gasteiger partial charge in [0.2, 0.25) is 0 Å². The Morgan fingerprint density at radius 1 is 1.23 bits per heavy atom. The summed E-state index contributed by atoms with van der Waals surface area (Å²) in [4.78, 5) is 29.3. The number of ether oxygens (including phenoxy) is 2. The largest absolute Gasteiger partial charge is 0.466 e. The van der Waals surface area contributed by atoms with Gasteiger partial charge < -0.3 is 25.0 Å². The Morgan fingerprint density at radius 3 is 2.42 bits per heavy atom. The Labute approximate surface area is 173 Å². The van der Waals surface area contributed by atoms with Crippen LogP contribution in [0, 0.1) is 0 Å². The molecule has 1 amide bonds. The van der Waals surface area contributed by atoms with Gasteiger partial charge in [-0.3, -0.25) is 9.79 Å². The van der Waals surface area contributed by atoms with Gasteiger partial charge in [-0.25, -0.2) is 4.79 Å². The van der Waals surface area contributed by atoms with Crippen LogP contribution in [-0.2, 0) is 14.3 Å². The Balaban J connectivity index is 0.00000625. The van der Waals surface area contributed by atoms with Crippen molar-refractivity contribution in [2.45, 2.75) is 59.1 Å². The molecule has 0 saturated carbocycles. The van der Waals surface area contributed by atoms with Gasteiger partial charge in [0.1, 0.15) is 5.60 Å². The van der Waals surface area contributed by atoms with E-state index in [9.17, 15) is 9.59 Å². The third kappa shape index (κ3) is 10.0. The highest BCUT2D eigenvalue weighted by molar-refractivity contribution is 14.0. The normalized spacial score (nSPS) is 14.8. The number of halogens is 1. The van der Waals surface area contributed by atoms with Crippen molar-refractivity contribution < 1.29 is 19.1 Å². The minimum Gasteiger partial charge on any atom is -0.466 e. The number of guanidine groups is 1. The minimum atomic E-state index is -0.481. The second kappa shape index (κ2) is 12.2. The quantitative estimate of drug-likeness (QED) is 0.189. The lowest BCUT2D eigenvalue weighted by atomic mass is 10.1. The number of carbonyl (C=O) groups is 2. The molecule has 0 aliphatic carbocycles. The van der Waals surface area contributed by atoms with Gasteiger partial charge in [0.25, 0.3) is 0 Å². The smallest absolute Gasteiger partial charge is 0.410 e. The molecular weight excluding hydrogens is 451 g/mol. The molecular formula is C17H33IN4O4. The van der Waals surface area contributed by atoms with E-state index in [2.05, 4.69) is 15.6 Å². The fourth-order valence-corrected chi connectivity index (χ4v) is 2.21. The molecule has 0 bridgehead atoms. The van der Waals surface area contributed by atoms with E-state index in [4.69, 9.17) is 9.47 Å². The van der Waals surface area contributed by atoms with Gasteiger partial charge in [-0.1, -0.05) is 0 Å². The predicted molar refractivity (Wildman–Crippen MR) is 112 cm³/mol. The first-order valence-corrected chi connectivity index (χ1v) is 8.93. The summed E-state index contributed by atoms with van der Waals surface area (Å²) in [5.41, 5.74) is -0.481. The summed E-state index contributed by atoms with van der Waals surface area (Å²) in [7, 11) is 0. The summed E-state index contributed by atoms with van der Waals surface area (Å²) in [6, 6.07) is 0.148. The predicted octanol–water partition coefficient (Wildman–Crippen LogP) is 2.12. The fourth-order valence-electron chi connectivity index (χ4n) is 2.21. The van der Waals surface area contributed by atoms with Crippen molar-refractivity contribution in [3.05, 3.63) is 0 Å². The van der Waals surface area contributed by atoms with Gasteiger partial charge in [0.05, 0.1) is 12.6 Å². The first-order chi connectivity index (χ1) is 11.7. The third-order valence-electron chi connectivity index (χ3n) is 3.33. The molecule has 1 aliphatic heterocycles. The number of nitrogens with zero attached hydrogens (tertiary/aromatic N) is 2. The Bertz CT molecular complexity index is 474. The minimum absolute atomic E-state index is 0. The molecule has 1 fully saturated rings. The molecule has 26 heavy (non-hydrogen) atoms. The van der Waals surface area contributed by atoms with Crippen LogP contribution in [0.1, 0.15) is 47.5 Å². The maximum Gasteiger partial charge on any atom is 0.410 e. The summed E-state index contributed by atoms with van der Waals surface area (Å²) in [6.07, 6.45) is 0.721. The van der Waals surface area contributed by atoms with Gasteiger partial charge in [-0.05, 0) is 41.0 Å². The van der Waals surface area contributed by atoms with E-state index in [1.54, 1.807) is 11.8 Å². The number of hydrogen-bond donors (Lipinski definition) is 2. The van der Waals surface area contributed by atoms with E-state index >= 15 is 0 Å². The maximum absolute atomic E-state index is 11.9. The standard InChI is InChI=1S/C17H32N4O4.HI/c1-6-18-15(19-10-8-9-14(22)24-7-2)20-13-11-21(12-13)16(23)25-17(3,4)5;/h13H,6-12H2,1-5H3,(H2,18,19,20);1H. The SMILES string of the molecule is CCNC(=NCCCC(=O)OCC)NC1CN(C(=O)OC(C)(C)C)C1.I. The molecule has 0 aromatic rings. The average Bonchev–Trinajstić information content (AvgIpc) is 2.44. The number of nitrogens with one attached hydrogen (secondary N) is 2. The highest BCUT2D eigenvalue weighted by atomic mass is 127. The average molecular weight is 484 g/mol. The van der Waals surface area contributed by atoms with Crippen LogP contribution in [0.3, 0.4) is 0 Å². The number of aliphatic imine (C=N–C) groups is 1. The highest BCUT2D eigenvalue weighted by Gasteiger charge is 2.34. The topological polar surface area (TPSA) is 92.3 Å². The number of hydrogen-bond acceptors (Lipinski definition) is 5. The zero-order valence-corrected chi connectivity index (χ0v) is 18.8. The molecule has 1 saturated heterocycles. The van der Waals surface area contributed by atoms with E-state index < -0.39 is 5.60 Å². The van der Waals surface area contributed by atoms with Gasteiger partial charge in [-0.2, -0.15) is 0 Å². The molecule has 0 atom stereocenters. The van der Waals surface area contributed by atoms with Gasteiger partial charge in [0, 0.05) is 32.6 Å². The lowest BCUT2D eigenvalue weighted by molar-refractivity contribution is -0.143. The van der Waals surface area contributed by atoms with Crippen LogP contribution in [-0.4, -0.2) is 67.4 Å². The Kier molecular flexibility index (Phi) is 11.6. The zero-order valence-electron chi connectivity index (χ0n) is 16.5. The Morgan fingerprint density at radius 2 is 1.88 bits per heavy atom. The molecule has 0 radical (unpaired) electrons. The molecule has 0 unspecified atom stereocenters. The summed E-state index contributed by atoms with van der Waals surface area (Å²) in [6.45, 7) is 12.2. The second-order valence-electron chi connectivity index (χ2n) is 6.90. The molecule has 0 spiro atoms. The van der Waals surface area contributed by atoms with Crippen molar-refractivity contribution in [2.75, 3.05) is 32.8 Å². The molecule has 0 aromatic heterocycles. The van der Waals surface area contributed by atoms with E-state index in [1.807, 2.05) is 27.7 Å². The molecule has 0 aromatic carbocycles. The van der Waals surface area contributed by atoms with Crippen molar-refractivity contribution in [1.82, 2.24) is 15.5 Å². The van der Waals surface area contributed by atoms with Crippen molar-refractivity contribution in [1.29, 1.82) is 0 Å². The van der Waals surface area contributed by atoms with Crippen molar-refractivity contribution in [3.8, 4) is 0 Å². The van der Waals surface area contributed by atoms with Crippen LogP contribution in [0.2, 0.25) is 0 Å². The van der Waals surface area contributed by atoms with Gasteiger partial charge in [-0.15, -0.1) is 24.0 Å². The number of rotatable bonds is 7. The van der Waals surface area contributed by atoms with E-state index in [-0.39, 0.29) is 42.1 Å². The molecule has 1 aliphatic rings. The monoisotopic (exact) mass is 484 g/mol. The number of carbonyl (C=O) groups excluding carboxylic acids is 2. The third-order valence-corrected chi connectivity index (χ3v) is 3.33. The Hall–Kier alpha value is -1.26. The molecule has 1 rings (SSSR count). The van der Waals surface area contributed by atoms with E-state index in [0.29, 0.717) is 45.0 Å². The summed E-state index contributed by atoms with van der Waals surface area (Å²) in [5.74, 6) is 0.503. The summed E-state index contributed by atoms with van der Waals surface area (Å²) < 4.78 is 10.2. The second-order valence-corrected chi connectivity index (χ2v) is 6.90. The number of esters is 1. The summed E-state index contributed by atoms with van der Waals surface area (Å²) >= 11 is 0. The van der Waals surface area contributed by atoms with Crippen LogP contribution in [0.4, 0.5) is 4.79 Å². The van der Waals surface area contributed by atoms with E-state index in [1.165, 1.54) is 0 Å². The first kappa shape index (κ1) is 24.7. The first-order valence-electron chi connectivity index (χ1n) is 8.93. The van der Waals surface area contributed by atoms with Crippen LogP contribution in [0.25, 0.3) is 0 Å². The van der Waals surface area contributed by atoms with Crippen LogP contribution in [0.5, 0.6) is 0 Å².